The molecular formula is C12H24Si. The van der Waals surface area contributed by atoms with Crippen LogP contribution in [0, 0.1) is 5.92 Å². The summed E-state index contributed by atoms with van der Waals surface area (Å²) in [5.41, 5.74) is 2.50. The molecule has 0 aromatic heterocycles. The predicted molar refractivity (Wildman–Crippen MR) is 63.7 cm³/mol. The summed E-state index contributed by atoms with van der Waals surface area (Å²) in [6.07, 6.45) is 11.2. The zero-order valence-corrected chi connectivity index (χ0v) is 10.5. The largest absolute Gasteiger partial charge is 0.0989 e. The molecule has 0 heterocycles. The van der Waals surface area contributed by atoms with E-state index in [0.717, 1.165) is 5.92 Å². The Morgan fingerprint density at radius 1 is 1.08 bits per heavy atom. The molecule has 1 saturated carbocycles. The maximum Gasteiger partial charge on any atom is 0.0682 e. The maximum absolute atomic E-state index is 2.50. The molecule has 1 heteroatoms. The molecule has 0 unspecified atom stereocenters. The molecule has 0 spiro atoms. The van der Waals surface area contributed by atoms with Gasteiger partial charge in [0.05, 0.1) is 8.07 Å². The first-order valence-electron chi connectivity index (χ1n) is 5.76. The molecule has 0 radical (unpaired) electrons. The molecule has 0 N–H and O–H groups in total. The third-order valence-corrected chi connectivity index (χ3v) is 4.05. The van der Waals surface area contributed by atoms with Crippen LogP contribution in [0.5, 0.6) is 0 Å². The Morgan fingerprint density at radius 3 is 2.23 bits per heavy atom. The summed E-state index contributed by atoms with van der Waals surface area (Å²) >= 11 is 0. The van der Waals surface area contributed by atoms with E-state index in [9.17, 15) is 0 Å². The lowest BCUT2D eigenvalue weighted by atomic mass is 9.87. The second kappa shape index (κ2) is 4.99. The fraction of sp³-hybridized carbons (Fsp3) is 0.833. The summed E-state index contributed by atoms with van der Waals surface area (Å²) < 4.78 is 0. The Bertz CT molecular complexity index is 158. The van der Waals surface area contributed by atoms with Crippen LogP contribution in [0.4, 0.5) is 0 Å². The van der Waals surface area contributed by atoms with Crippen molar-refractivity contribution in [2.24, 2.45) is 5.92 Å². The van der Waals surface area contributed by atoms with E-state index in [1.807, 2.05) is 0 Å². The van der Waals surface area contributed by atoms with Crippen molar-refractivity contribution in [1.82, 2.24) is 0 Å². The van der Waals surface area contributed by atoms with Gasteiger partial charge in [0.25, 0.3) is 0 Å². The van der Waals surface area contributed by atoms with Gasteiger partial charge in [-0.1, -0.05) is 63.5 Å². The summed E-state index contributed by atoms with van der Waals surface area (Å²) in [5.74, 6) is 1.02. The summed E-state index contributed by atoms with van der Waals surface area (Å²) in [4.78, 5) is 0. The summed E-state index contributed by atoms with van der Waals surface area (Å²) in [5, 5.41) is 0. The van der Waals surface area contributed by atoms with E-state index in [1.54, 1.807) is 0 Å². The minimum absolute atomic E-state index is 0.922. The van der Waals surface area contributed by atoms with Gasteiger partial charge in [0, 0.05) is 0 Å². The van der Waals surface area contributed by atoms with Crippen LogP contribution in [0.2, 0.25) is 19.6 Å². The molecule has 0 aliphatic heterocycles. The quantitative estimate of drug-likeness (QED) is 0.587. The highest BCUT2D eigenvalue weighted by Gasteiger charge is 2.12. The molecule has 0 atom stereocenters. The van der Waals surface area contributed by atoms with Gasteiger partial charge in [-0.15, -0.1) is 0 Å². The normalized spacial score (nSPS) is 21.2. The van der Waals surface area contributed by atoms with E-state index in [2.05, 4.69) is 31.4 Å². The Labute approximate surface area is 84.4 Å². The predicted octanol–water partition coefficient (Wildman–Crippen LogP) is 4.39. The smallest absolute Gasteiger partial charge is 0.0682 e. The van der Waals surface area contributed by atoms with Crippen LogP contribution in [0.15, 0.2) is 11.8 Å². The van der Waals surface area contributed by atoms with Gasteiger partial charge < -0.3 is 0 Å². The number of allylic oxidation sites excluding steroid dienone is 1. The molecule has 0 bridgehead atoms. The molecule has 1 aliphatic carbocycles. The van der Waals surface area contributed by atoms with Crippen LogP contribution in [0.1, 0.15) is 38.5 Å². The standard InChI is InChI=1S/C12H24Si/c1-13(2,3)11-7-10-12-8-5-4-6-9-12/h7,11-12H,4-6,8-10H2,1-3H3. The lowest BCUT2D eigenvalue weighted by molar-refractivity contribution is 0.361. The highest BCUT2D eigenvalue weighted by molar-refractivity contribution is 6.80. The number of hydrogen-bond acceptors (Lipinski definition) is 0. The lowest BCUT2D eigenvalue weighted by Crippen LogP contribution is -2.15. The zero-order valence-electron chi connectivity index (χ0n) is 9.47. The van der Waals surface area contributed by atoms with Crippen LogP contribution in [0.25, 0.3) is 0 Å². The van der Waals surface area contributed by atoms with Crippen LogP contribution in [-0.4, -0.2) is 8.07 Å². The Hall–Kier alpha value is -0.0431. The number of hydrogen-bond donors (Lipinski definition) is 0. The van der Waals surface area contributed by atoms with E-state index >= 15 is 0 Å². The fourth-order valence-electron chi connectivity index (χ4n) is 2.04. The average Bonchev–Trinajstić information content (AvgIpc) is 2.04. The van der Waals surface area contributed by atoms with Crippen molar-refractivity contribution in [3.63, 3.8) is 0 Å². The second-order valence-corrected chi connectivity index (χ2v) is 10.6. The molecule has 1 rings (SSSR count). The van der Waals surface area contributed by atoms with E-state index in [-0.39, 0.29) is 0 Å². The highest BCUT2D eigenvalue weighted by atomic mass is 28.3. The topological polar surface area (TPSA) is 0 Å². The second-order valence-electron chi connectivity index (χ2n) is 5.51. The van der Waals surface area contributed by atoms with Crippen molar-refractivity contribution in [3.05, 3.63) is 11.8 Å². The zero-order chi connectivity index (χ0) is 9.73. The fourth-order valence-corrected chi connectivity index (χ4v) is 2.88. The lowest BCUT2D eigenvalue weighted by Gasteiger charge is -2.20. The van der Waals surface area contributed by atoms with Crippen molar-refractivity contribution in [3.8, 4) is 0 Å². The molecule has 0 aromatic carbocycles. The molecule has 0 aromatic rings. The van der Waals surface area contributed by atoms with Gasteiger partial charge in [0.15, 0.2) is 0 Å². The van der Waals surface area contributed by atoms with Crippen LogP contribution in [0.3, 0.4) is 0 Å². The minimum Gasteiger partial charge on any atom is -0.0989 e. The van der Waals surface area contributed by atoms with Crippen molar-refractivity contribution < 1.29 is 0 Å². The third kappa shape index (κ3) is 5.30. The van der Waals surface area contributed by atoms with Crippen LogP contribution < -0.4 is 0 Å². The van der Waals surface area contributed by atoms with Crippen LogP contribution >= 0.6 is 0 Å². The SMILES string of the molecule is C[Si](C)(C)C=CCC1CCCCC1. The Morgan fingerprint density at radius 2 is 1.69 bits per heavy atom. The van der Waals surface area contributed by atoms with E-state index < -0.39 is 8.07 Å². The Kier molecular flexibility index (Phi) is 4.24. The van der Waals surface area contributed by atoms with Gasteiger partial charge in [0.1, 0.15) is 0 Å². The van der Waals surface area contributed by atoms with E-state index in [1.165, 1.54) is 38.5 Å². The number of rotatable bonds is 3. The van der Waals surface area contributed by atoms with Gasteiger partial charge in [-0.2, -0.15) is 0 Å². The third-order valence-electron chi connectivity index (χ3n) is 2.81. The van der Waals surface area contributed by atoms with Crippen molar-refractivity contribution in [1.29, 1.82) is 0 Å². The minimum atomic E-state index is -0.922. The van der Waals surface area contributed by atoms with E-state index in [0.29, 0.717) is 0 Å². The van der Waals surface area contributed by atoms with Gasteiger partial charge in [-0.3, -0.25) is 0 Å². The molecule has 1 aliphatic rings. The first-order valence-corrected chi connectivity index (χ1v) is 9.33. The van der Waals surface area contributed by atoms with E-state index in [4.69, 9.17) is 0 Å². The van der Waals surface area contributed by atoms with Gasteiger partial charge in [-0.05, 0) is 12.3 Å². The summed E-state index contributed by atoms with van der Waals surface area (Å²) in [7, 11) is -0.922. The molecule has 0 saturated heterocycles. The molecule has 1 fully saturated rings. The summed E-state index contributed by atoms with van der Waals surface area (Å²) in [6.45, 7) is 7.22. The summed E-state index contributed by atoms with van der Waals surface area (Å²) in [6, 6.07) is 0. The van der Waals surface area contributed by atoms with Crippen molar-refractivity contribution in [2.45, 2.75) is 58.2 Å². The maximum atomic E-state index is 2.50. The first kappa shape index (κ1) is 11.0. The highest BCUT2D eigenvalue weighted by Crippen LogP contribution is 2.26. The molecular weight excluding hydrogens is 172 g/mol. The van der Waals surface area contributed by atoms with Crippen LogP contribution in [-0.2, 0) is 0 Å². The van der Waals surface area contributed by atoms with Crippen molar-refractivity contribution in [2.75, 3.05) is 0 Å². The van der Waals surface area contributed by atoms with Gasteiger partial charge in [0.2, 0.25) is 0 Å². The molecule has 0 nitrogen and oxygen atoms in total. The first-order chi connectivity index (χ1) is 6.08. The average molecular weight is 196 g/mol. The van der Waals surface area contributed by atoms with Gasteiger partial charge in [-0.25, -0.2) is 0 Å². The van der Waals surface area contributed by atoms with Crippen molar-refractivity contribution >= 4 is 8.07 Å². The van der Waals surface area contributed by atoms with Gasteiger partial charge >= 0.3 is 0 Å². The Balaban J connectivity index is 2.21. The molecule has 0 amide bonds. The molecule has 13 heavy (non-hydrogen) atoms. The monoisotopic (exact) mass is 196 g/mol. The molecule has 76 valence electrons.